The molecule has 0 aromatic heterocycles. The third-order valence-electron chi connectivity index (χ3n) is 5.76. The summed E-state index contributed by atoms with van der Waals surface area (Å²) in [5.74, 6) is -1.02. The molecule has 0 radical (unpaired) electrons. The van der Waals surface area contributed by atoms with Crippen molar-refractivity contribution in [2.45, 2.75) is 25.2 Å². The molecule has 202 valence electrons. The fraction of sp³-hybridized carbons (Fsp3) is 0.148. The van der Waals surface area contributed by atoms with Gasteiger partial charge in [0.25, 0.3) is 16.0 Å². The van der Waals surface area contributed by atoms with Crippen LogP contribution >= 0.6 is 23.2 Å². The van der Waals surface area contributed by atoms with Gasteiger partial charge in [-0.25, -0.2) is 0 Å². The zero-order valence-corrected chi connectivity index (χ0v) is 26.1. The molecule has 13 heteroatoms. The second-order valence-corrected chi connectivity index (χ2v) is 10.5. The number of hydrogen-bond donors (Lipinski definition) is 2. The van der Waals surface area contributed by atoms with Crippen LogP contribution in [0.1, 0.15) is 29.8 Å². The Kier molecular flexibility index (Phi) is 10.6. The fourth-order valence-corrected chi connectivity index (χ4v) is 5.15. The average Bonchev–Trinajstić information content (AvgIpc) is 2.89. The molecule has 0 fully saturated rings. The second kappa shape index (κ2) is 13.3. The van der Waals surface area contributed by atoms with Gasteiger partial charge in [-0.3, -0.25) is 9.35 Å². The quantitative estimate of drug-likeness (QED) is 0.175. The Morgan fingerprint density at radius 3 is 2.45 bits per heavy atom. The molecule has 40 heavy (non-hydrogen) atoms. The number of fused-ring (bicyclic) bond motifs is 1. The Morgan fingerprint density at radius 2 is 1.77 bits per heavy atom. The summed E-state index contributed by atoms with van der Waals surface area (Å²) >= 11 is 12.3. The summed E-state index contributed by atoms with van der Waals surface area (Å²) in [6, 6.07) is 15.5. The largest absolute Gasteiger partial charge is 1.00 e. The molecule has 0 heterocycles. The average molecular weight is 610 g/mol. The van der Waals surface area contributed by atoms with E-state index in [2.05, 4.69) is 15.5 Å². The van der Waals surface area contributed by atoms with E-state index in [0.717, 1.165) is 6.07 Å². The number of hydrogen-bond acceptors (Lipinski definition) is 7. The fourth-order valence-electron chi connectivity index (χ4n) is 3.93. The number of aryl methyl sites for hydroxylation is 1. The van der Waals surface area contributed by atoms with E-state index >= 15 is 0 Å². The zero-order chi connectivity index (χ0) is 28.3. The first-order chi connectivity index (χ1) is 18.5. The number of carbonyl (C=O) groups excluding carboxylic acids is 1. The van der Waals surface area contributed by atoms with Crippen molar-refractivity contribution in [1.82, 2.24) is 0 Å². The van der Waals surface area contributed by atoms with Gasteiger partial charge < -0.3 is 15.2 Å². The van der Waals surface area contributed by atoms with Crippen molar-refractivity contribution in [3.63, 3.8) is 0 Å². The Labute approximate surface area is 263 Å². The minimum Gasteiger partial charge on any atom is -0.870 e. The molecular weight excluding hydrogens is 588 g/mol. The Morgan fingerprint density at radius 1 is 1.05 bits per heavy atom. The monoisotopic (exact) mass is 609 g/mol. The molecular formula is C27H22Cl2N3NaO6S. The molecule has 9 nitrogen and oxygen atoms in total. The number of nitrogens with one attached hydrogen (secondary N) is 1. The van der Waals surface area contributed by atoms with Gasteiger partial charge in [-0.05, 0) is 54.6 Å². The standard InChI is InChI=1S/C27H23Cl2N3O6S.Na/c1-3-15-12-22(20(29)14-24(15)39(35,36)37)31-32-25-18-8-6-5-7-16(18)11-19(26(25)33)27(34)30-21-10-9-17(28)13-23(21)38-4-2;/h5-14,33H,3-4H2,1-2H3,(H,30,34)(H,35,36,37);/q;+1/p-1. The Bertz CT molecular complexity index is 1730. The van der Waals surface area contributed by atoms with E-state index in [9.17, 15) is 22.9 Å². The van der Waals surface area contributed by atoms with Crippen LogP contribution in [0.4, 0.5) is 17.1 Å². The van der Waals surface area contributed by atoms with Crippen molar-refractivity contribution < 1.29 is 57.2 Å². The van der Waals surface area contributed by atoms with Crippen LogP contribution in [0.5, 0.6) is 11.5 Å². The number of ether oxygens (including phenoxy) is 1. The van der Waals surface area contributed by atoms with Crippen molar-refractivity contribution in [2.75, 3.05) is 11.9 Å². The number of halogens is 2. The topological polar surface area (TPSA) is 140 Å². The molecule has 4 rings (SSSR count). The van der Waals surface area contributed by atoms with Gasteiger partial charge in [0.05, 0.1) is 27.9 Å². The summed E-state index contributed by atoms with van der Waals surface area (Å²) in [6.07, 6.45) is 0.259. The molecule has 0 spiro atoms. The predicted molar refractivity (Wildman–Crippen MR) is 149 cm³/mol. The first kappa shape index (κ1) is 31.8. The Balaban J connectivity index is 0.00000441. The molecule has 1 amide bonds. The summed E-state index contributed by atoms with van der Waals surface area (Å²) in [4.78, 5) is 12.9. The number of nitrogens with zero attached hydrogens (tertiary/aromatic N) is 2. The molecule has 0 aliphatic rings. The van der Waals surface area contributed by atoms with E-state index in [1.165, 1.54) is 12.1 Å². The number of benzene rings is 4. The van der Waals surface area contributed by atoms with Gasteiger partial charge in [0, 0.05) is 22.0 Å². The van der Waals surface area contributed by atoms with Gasteiger partial charge in [-0.1, -0.05) is 60.1 Å². The van der Waals surface area contributed by atoms with Crippen LogP contribution in [0.25, 0.3) is 10.8 Å². The zero-order valence-electron chi connectivity index (χ0n) is 21.7. The van der Waals surface area contributed by atoms with E-state index in [0.29, 0.717) is 33.8 Å². The van der Waals surface area contributed by atoms with E-state index in [1.54, 1.807) is 56.3 Å². The smallest absolute Gasteiger partial charge is 0.870 e. The predicted octanol–water partition coefficient (Wildman–Crippen LogP) is 4.10. The molecule has 0 atom stereocenters. The maximum atomic E-state index is 13.5. The van der Waals surface area contributed by atoms with Crippen LogP contribution in [0.2, 0.25) is 10.0 Å². The van der Waals surface area contributed by atoms with E-state index in [4.69, 9.17) is 27.9 Å². The first-order valence-corrected chi connectivity index (χ1v) is 13.9. The molecule has 2 N–H and O–H groups in total. The number of amides is 1. The van der Waals surface area contributed by atoms with Crippen LogP contribution in [0, 0.1) is 0 Å². The van der Waals surface area contributed by atoms with Crippen molar-refractivity contribution in [2.24, 2.45) is 10.2 Å². The summed E-state index contributed by atoms with van der Waals surface area (Å²) in [6.45, 7) is 3.82. The Hall–Kier alpha value is -2.70. The molecule has 0 aliphatic carbocycles. The number of anilines is 1. The molecule has 4 aromatic rings. The minimum atomic E-state index is -4.51. The van der Waals surface area contributed by atoms with Gasteiger partial charge in [-0.2, -0.15) is 13.5 Å². The molecule has 0 unspecified atom stereocenters. The summed E-state index contributed by atoms with van der Waals surface area (Å²) < 4.78 is 38.4. The summed E-state index contributed by atoms with van der Waals surface area (Å²) in [7, 11) is -4.51. The van der Waals surface area contributed by atoms with Gasteiger partial charge >= 0.3 is 29.6 Å². The van der Waals surface area contributed by atoms with Gasteiger partial charge in [0.2, 0.25) is 0 Å². The van der Waals surface area contributed by atoms with E-state index in [1.807, 2.05) is 0 Å². The van der Waals surface area contributed by atoms with Crippen LogP contribution in [-0.2, 0) is 16.5 Å². The van der Waals surface area contributed by atoms with Crippen molar-refractivity contribution in [3.05, 3.63) is 81.8 Å². The summed E-state index contributed by atoms with van der Waals surface area (Å²) in [5, 5.41) is 25.8. The van der Waals surface area contributed by atoms with Gasteiger partial charge in [-0.15, -0.1) is 5.11 Å². The number of azo groups is 1. The third-order valence-corrected chi connectivity index (χ3v) is 7.23. The van der Waals surface area contributed by atoms with Crippen LogP contribution in [-0.4, -0.2) is 25.5 Å². The van der Waals surface area contributed by atoms with Gasteiger partial charge in [0.1, 0.15) is 11.4 Å². The molecule has 0 saturated carbocycles. The maximum absolute atomic E-state index is 13.5. The van der Waals surface area contributed by atoms with E-state index < -0.39 is 21.8 Å². The van der Waals surface area contributed by atoms with Crippen molar-refractivity contribution in [3.8, 4) is 11.5 Å². The maximum Gasteiger partial charge on any atom is 1.00 e. The van der Waals surface area contributed by atoms with Gasteiger partial charge in [0.15, 0.2) is 0 Å². The molecule has 0 saturated heterocycles. The normalized spacial score (nSPS) is 11.4. The minimum absolute atomic E-state index is 0. The second-order valence-electron chi connectivity index (χ2n) is 8.29. The van der Waals surface area contributed by atoms with Crippen LogP contribution < -0.4 is 44.7 Å². The molecule has 4 aromatic carbocycles. The van der Waals surface area contributed by atoms with Crippen LogP contribution in [0.3, 0.4) is 0 Å². The third kappa shape index (κ3) is 6.95. The first-order valence-electron chi connectivity index (χ1n) is 11.7. The van der Waals surface area contributed by atoms with E-state index in [-0.39, 0.29) is 68.4 Å². The van der Waals surface area contributed by atoms with Crippen LogP contribution in [0.15, 0.2) is 75.8 Å². The van der Waals surface area contributed by atoms with Crippen molar-refractivity contribution >= 4 is 67.1 Å². The summed E-state index contributed by atoms with van der Waals surface area (Å²) in [5.41, 5.74) is 0.403. The number of carbonyl (C=O) groups is 1. The SMILES string of the molecule is CCOc1cc(Cl)ccc1NC(=O)c1cc2ccccc2c(N=Nc2cc(CC)c(S(=O)(=O)O)cc2Cl)c1[O-].[Na+]. The molecule has 0 aliphatic heterocycles. The molecule has 0 bridgehead atoms. The van der Waals surface area contributed by atoms with Crippen molar-refractivity contribution in [1.29, 1.82) is 0 Å². The number of rotatable bonds is 8.